The lowest BCUT2D eigenvalue weighted by atomic mass is 10.2. The lowest BCUT2D eigenvalue weighted by Gasteiger charge is -2.19. The minimum absolute atomic E-state index is 0.0905. The van der Waals surface area contributed by atoms with Crippen molar-refractivity contribution in [2.24, 2.45) is 0 Å². The molecule has 0 atom stereocenters. The third-order valence-corrected chi connectivity index (χ3v) is 4.98. The Hall–Kier alpha value is -2.30. The van der Waals surface area contributed by atoms with Gasteiger partial charge in [-0.05, 0) is 44.4 Å². The Bertz CT molecular complexity index is 735. The number of hydrogen-bond acceptors (Lipinski definition) is 3. The second-order valence-corrected chi connectivity index (χ2v) is 6.48. The molecule has 3 rings (SSSR count). The molecule has 5 heteroatoms. The van der Waals surface area contributed by atoms with E-state index in [0.29, 0.717) is 19.5 Å². The van der Waals surface area contributed by atoms with Crippen molar-refractivity contribution < 1.29 is 4.79 Å². The number of anilines is 1. The van der Waals surface area contributed by atoms with Crippen molar-refractivity contribution in [2.45, 2.75) is 40.2 Å². The summed E-state index contributed by atoms with van der Waals surface area (Å²) in [6, 6.07) is 8.51. The fraction of sp³-hybridized carbons (Fsp3) is 0.474. The third kappa shape index (κ3) is 3.45. The Morgan fingerprint density at radius 3 is 2.75 bits per heavy atom. The molecule has 24 heavy (non-hydrogen) atoms. The Labute approximate surface area is 143 Å². The van der Waals surface area contributed by atoms with E-state index in [0.717, 1.165) is 30.9 Å². The zero-order valence-electron chi connectivity index (χ0n) is 14.8. The molecule has 0 bridgehead atoms. The highest BCUT2D eigenvalue weighted by atomic mass is 16.1. The van der Waals surface area contributed by atoms with Crippen molar-refractivity contribution in [2.75, 3.05) is 24.5 Å². The van der Waals surface area contributed by atoms with E-state index in [-0.39, 0.29) is 5.91 Å². The summed E-state index contributed by atoms with van der Waals surface area (Å²) in [6.07, 6.45) is 1.57. The maximum Gasteiger partial charge on any atom is 0.221 e. The predicted molar refractivity (Wildman–Crippen MR) is 96.4 cm³/mol. The molecule has 0 radical (unpaired) electrons. The maximum absolute atomic E-state index is 12.1. The number of aromatic nitrogens is 2. The second-order valence-electron chi connectivity index (χ2n) is 6.48. The SMILES string of the molecule is Cc1nn(CCC(=O)NCCN2CCc3ccccc32)c(C)c1C. The van der Waals surface area contributed by atoms with Crippen LogP contribution in [0.15, 0.2) is 24.3 Å². The van der Waals surface area contributed by atoms with Gasteiger partial charge < -0.3 is 10.2 Å². The molecule has 1 N–H and O–H groups in total. The number of amides is 1. The van der Waals surface area contributed by atoms with Crippen molar-refractivity contribution in [3.63, 3.8) is 0 Å². The van der Waals surface area contributed by atoms with Gasteiger partial charge in [-0.3, -0.25) is 9.48 Å². The molecule has 2 aromatic rings. The van der Waals surface area contributed by atoms with E-state index in [2.05, 4.69) is 53.4 Å². The van der Waals surface area contributed by atoms with E-state index in [4.69, 9.17) is 0 Å². The van der Waals surface area contributed by atoms with E-state index >= 15 is 0 Å². The Kier molecular flexibility index (Phi) is 4.88. The third-order valence-electron chi connectivity index (χ3n) is 4.98. The summed E-state index contributed by atoms with van der Waals surface area (Å²) in [5.74, 6) is 0.0905. The normalized spacial score (nSPS) is 13.2. The first kappa shape index (κ1) is 16.6. The standard InChI is InChI=1S/C19H26N4O/c1-14-15(2)21-23(16(14)3)12-9-19(24)20-10-13-22-11-8-17-6-4-5-7-18(17)22/h4-7H,8-13H2,1-3H3,(H,20,24). The van der Waals surface area contributed by atoms with E-state index in [9.17, 15) is 4.79 Å². The second kappa shape index (κ2) is 7.07. The molecule has 0 fully saturated rings. The van der Waals surface area contributed by atoms with Crippen molar-refractivity contribution in [3.05, 3.63) is 46.8 Å². The highest BCUT2D eigenvalue weighted by Gasteiger charge is 2.17. The first-order valence-corrected chi connectivity index (χ1v) is 8.66. The molecular formula is C19H26N4O. The minimum atomic E-state index is 0.0905. The number of nitrogens with zero attached hydrogens (tertiary/aromatic N) is 3. The van der Waals surface area contributed by atoms with Crippen LogP contribution in [0, 0.1) is 20.8 Å². The van der Waals surface area contributed by atoms with Crippen LogP contribution in [0.25, 0.3) is 0 Å². The molecule has 1 aliphatic heterocycles. The molecular weight excluding hydrogens is 300 g/mol. The van der Waals surface area contributed by atoms with Crippen molar-refractivity contribution in [1.29, 1.82) is 0 Å². The number of carbonyl (C=O) groups excluding carboxylic acids is 1. The average Bonchev–Trinajstić information content (AvgIpc) is 3.10. The molecule has 0 saturated carbocycles. The van der Waals surface area contributed by atoms with Gasteiger partial charge in [-0.2, -0.15) is 5.10 Å². The molecule has 1 aliphatic rings. The number of hydrogen-bond donors (Lipinski definition) is 1. The van der Waals surface area contributed by atoms with Crippen molar-refractivity contribution in [3.8, 4) is 0 Å². The summed E-state index contributed by atoms with van der Waals surface area (Å²) >= 11 is 0. The molecule has 0 aliphatic carbocycles. The highest BCUT2D eigenvalue weighted by molar-refractivity contribution is 5.75. The number of rotatable bonds is 6. The van der Waals surface area contributed by atoms with Gasteiger partial charge in [-0.15, -0.1) is 0 Å². The summed E-state index contributed by atoms with van der Waals surface area (Å²) in [5, 5.41) is 7.51. The van der Waals surface area contributed by atoms with Gasteiger partial charge in [0.2, 0.25) is 5.91 Å². The van der Waals surface area contributed by atoms with Gasteiger partial charge in [0.1, 0.15) is 0 Å². The zero-order valence-corrected chi connectivity index (χ0v) is 14.8. The van der Waals surface area contributed by atoms with Gasteiger partial charge in [0.15, 0.2) is 0 Å². The monoisotopic (exact) mass is 326 g/mol. The van der Waals surface area contributed by atoms with Crippen LogP contribution in [0.4, 0.5) is 5.69 Å². The lowest BCUT2D eigenvalue weighted by Crippen LogP contribution is -2.34. The first-order valence-electron chi connectivity index (χ1n) is 8.66. The van der Waals surface area contributed by atoms with Crippen LogP contribution in [-0.2, 0) is 17.8 Å². The highest BCUT2D eigenvalue weighted by Crippen LogP contribution is 2.26. The summed E-state index contributed by atoms with van der Waals surface area (Å²) in [7, 11) is 0. The average molecular weight is 326 g/mol. The van der Waals surface area contributed by atoms with Gasteiger partial charge in [0.25, 0.3) is 0 Å². The minimum Gasteiger partial charge on any atom is -0.369 e. The van der Waals surface area contributed by atoms with Gasteiger partial charge in [0.05, 0.1) is 5.69 Å². The van der Waals surface area contributed by atoms with Gasteiger partial charge in [-0.1, -0.05) is 18.2 Å². The van der Waals surface area contributed by atoms with Crippen LogP contribution >= 0.6 is 0 Å². The smallest absolute Gasteiger partial charge is 0.221 e. The van der Waals surface area contributed by atoms with Crippen LogP contribution in [0.1, 0.15) is 28.9 Å². The van der Waals surface area contributed by atoms with Crippen molar-refractivity contribution >= 4 is 11.6 Å². The summed E-state index contributed by atoms with van der Waals surface area (Å²) in [4.78, 5) is 14.4. The van der Waals surface area contributed by atoms with E-state index in [1.54, 1.807) is 0 Å². The number of aryl methyl sites for hydroxylation is 2. The maximum atomic E-state index is 12.1. The lowest BCUT2D eigenvalue weighted by molar-refractivity contribution is -0.121. The Morgan fingerprint density at radius 2 is 2.00 bits per heavy atom. The summed E-state index contributed by atoms with van der Waals surface area (Å²) in [5.41, 5.74) is 6.12. The first-order chi connectivity index (χ1) is 11.6. The fourth-order valence-electron chi connectivity index (χ4n) is 3.27. The number of para-hydroxylation sites is 1. The largest absolute Gasteiger partial charge is 0.369 e. The van der Waals surface area contributed by atoms with Crippen LogP contribution in [0.5, 0.6) is 0 Å². The fourth-order valence-corrected chi connectivity index (χ4v) is 3.27. The number of carbonyl (C=O) groups is 1. The van der Waals surface area contributed by atoms with Gasteiger partial charge in [0, 0.05) is 44.0 Å². The molecule has 5 nitrogen and oxygen atoms in total. The number of fused-ring (bicyclic) bond motifs is 1. The molecule has 1 aromatic carbocycles. The van der Waals surface area contributed by atoms with E-state index < -0.39 is 0 Å². The van der Waals surface area contributed by atoms with E-state index in [1.807, 2.05) is 11.6 Å². The quantitative estimate of drug-likeness (QED) is 0.887. The van der Waals surface area contributed by atoms with Gasteiger partial charge in [-0.25, -0.2) is 0 Å². The summed E-state index contributed by atoms with van der Waals surface area (Å²) in [6.45, 7) is 9.36. The number of nitrogens with one attached hydrogen (secondary N) is 1. The number of benzene rings is 1. The molecule has 0 saturated heterocycles. The molecule has 128 valence electrons. The Balaban J connectivity index is 1.43. The predicted octanol–water partition coefficient (Wildman–Crippen LogP) is 2.38. The topological polar surface area (TPSA) is 50.2 Å². The zero-order chi connectivity index (χ0) is 17.1. The summed E-state index contributed by atoms with van der Waals surface area (Å²) < 4.78 is 1.93. The Morgan fingerprint density at radius 1 is 1.21 bits per heavy atom. The van der Waals surface area contributed by atoms with E-state index in [1.165, 1.54) is 16.8 Å². The van der Waals surface area contributed by atoms with Crippen LogP contribution in [0.2, 0.25) is 0 Å². The molecule has 0 spiro atoms. The molecule has 1 aromatic heterocycles. The van der Waals surface area contributed by atoms with Crippen LogP contribution in [-0.4, -0.2) is 35.3 Å². The van der Waals surface area contributed by atoms with Crippen molar-refractivity contribution in [1.82, 2.24) is 15.1 Å². The molecule has 2 heterocycles. The van der Waals surface area contributed by atoms with Gasteiger partial charge >= 0.3 is 0 Å². The molecule has 0 unspecified atom stereocenters. The van der Waals surface area contributed by atoms with Crippen LogP contribution < -0.4 is 10.2 Å². The molecule has 1 amide bonds. The van der Waals surface area contributed by atoms with Crippen LogP contribution in [0.3, 0.4) is 0 Å².